The van der Waals surface area contributed by atoms with Crippen molar-refractivity contribution in [1.82, 2.24) is 9.55 Å². The normalized spacial score (nSPS) is 12.0. The van der Waals surface area contributed by atoms with E-state index in [1.807, 2.05) is 31.2 Å². The zero-order chi connectivity index (χ0) is 19.4. The van der Waals surface area contributed by atoms with Gasteiger partial charge in [-0.15, -0.1) is 12.4 Å². The number of aromatic nitrogens is 2. The Kier molecular flexibility index (Phi) is 7.61. The number of fused-ring (bicyclic) bond motifs is 1. The van der Waals surface area contributed by atoms with Gasteiger partial charge in [0.15, 0.2) is 5.78 Å². The first-order valence-corrected chi connectivity index (χ1v) is 9.39. The molecule has 2 aromatic carbocycles. The van der Waals surface area contributed by atoms with Gasteiger partial charge in [0.25, 0.3) is 0 Å². The van der Waals surface area contributed by atoms with Crippen molar-refractivity contribution in [3.8, 4) is 5.75 Å². The number of carbonyl (C=O) groups is 1. The number of aliphatic hydroxyl groups excluding tert-OH is 1. The van der Waals surface area contributed by atoms with Crippen LogP contribution < -0.4 is 4.74 Å². The van der Waals surface area contributed by atoms with E-state index in [0.717, 1.165) is 16.9 Å². The highest BCUT2D eigenvalue weighted by Gasteiger charge is 2.16. The van der Waals surface area contributed by atoms with Gasteiger partial charge < -0.3 is 14.4 Å². The van der Waals surface area contributed by atoms with Crippen molar-refractivity contribution in [2.75, 3.05) is 6.61 Å². The molecule has 0 radical (unpaired) electrons. The van der Waals surface area contributed by atoms with E-state index in [2.05, 4.69) is 18.4 Å². The van der Waals surface area contributed by atoms with Gasteiger partial charge in [-0.05, 0) is 36.4 Å². The lowest BCUT2D eigenvalue weighted by Gasteiger charge is -2.17. The monoisotopic (exact) mass is 402 g/mol. The number of nitrogens with zero attached hydrogens (tertiary/aromatic N) is 2. The van der Waals surface area contributed by atoms with Crippen LogP contribution in [-0.2, 0) is 6.54 Å². The predicted octanol–water partition coefficient (Wildman–Crippen LogP) is 4.61. The van der Waals surface area contributed by atoms with Crippen molar-refractivity contribution < 1.29 is 14.6 Å². The Bertz CT molecular complexity index is 919. The number of hydrogen-bond acceptors (Lipinski definition) is 4. The second-order valence-electron chi connectivity index (χ2n) is 6.99. The molecule has 0 saturated heterocycles. The fourth-order valence-electron chi connectivity index (χ4n) is 3.12. The maximum Gasteiger partial charge on any atom is 0.162 e. The minimum atomic E-state index is -0.669. The Morgan fingerprint density at radius 1 is 1.14 bits per heavy atom. The lowest BCUT2D eigenvalue weighted by atomic mass is 10.1. The van der Waals surface area contributed by atoms with Gasteiger partial charge in [-0.1, -0.05) is 32.9 Å². The minimum Gasteiger partial charge on any atom is -0.491 e. The van der Waals surface area contributed by atoms with E-state index in [-0.39, 0.29) is 30.7 Å². The number of rotatable bonds is 8. The largest absolute Gasteiger partial charge is 0.491 e. The van der Waals surface area contributed by atoms with E-state index in [1.54, 1.807) is 24.3 Å². The molecule has 28 heavy (non-hydrogen) atoms. The number of benzene rings is 2. The van der Waals surface area contributed by atoms with Crippen molar-refractivity contribution >= 4 is 29.2 Å². The van der Waals surface area contributed by atoms with Crippen molar-refractivity contribution in [3.05, 3.63) is 59.9 Å². The molecule has 6 heteroatoms. The van der Waals surface area contributed by atoms with Gasteiger partial charge in [0.05, 0.1) is 17.6 Å². The van der Waals surface area contributed by atoms with Crippen LogP contribution in [0.3, 0.4) is 0 Å². The van der Waals surface area contributed by atoms with Crippen LogP contribution in [0.25, 0.3) is 11.0 Å². The van der Waals surface area contributed by atoms with E-state index < -0.39 is 6.10 Å². The molecule has 5 nitrogen and oxygen atoms in total. The number of Topliss-reactive ketones (excluding diaryl/α,β-unsaturated/α-hetero) is 1. The van der Waals surface area contributed by atoms with Gasteiger partial charge >= 0.3 is 0 Å². The summed E-state index contributed by atoms with van der Waals surface area (Å²) in [5.41, 5.74) is 2.63. The summed E-state index contributed by atoms with van der Waals surface area (Å²) in [5, 5.41) is 10.5. The van der Waals surface area contributed by atoms with Crippen LogP contribution in [-0.4, -0.2) is 33.2 Å². The molecule has 0 saturated carbocycles. The third-order valence-electron chi connectivity index (χ3n) is 4.53. The van der Waals surface area contributed by atoms with Crippen LogP contribution in [0.5, 0.6) is 5.75 Å². The van der Waals surface area contributed by atoms with Gasteiger partial charge in [0, 0.05) is 17.9 Å². The molecular formula is C22H27ClN2O3. The number of ketones is 1. The average Bonchev–Trinajstić information content (AvgIpc) is 3.05. The summed E-state index contributed by atoms with van der Waals surface area (Å²) in [6.07, 6.45) is -0.187. The number of para-hydroxylation sites is 2. The van der Waals surface area contributed by atoms with E-state index in [1.165, 1.54) is 0 Å². The Balaban J connectivity index is 0.00000280. The number of aliphatic hydroxyl groups is 1. The molecule has 1 heterocycles. The van der Waals surface area contributed by atoms with Crippen LogP contribution >= 0.6 is 12.4 Å². The van der Waals surface area contributed by atoms with Crippen LogP contribution in [0.15, 0.2) is 48.5 Å². The van der Waals surface area contributed by atoms with Crippen LogP contribution in [0.2, 0.25) is 0 Å². The first-order chi connectivity index (χ1) is 13.0. The molecule has 0 aliphatic heterocycles. The van der Waals surface area contributed by atoms with Gasteiger partial charge in [-0.25, -0.2) is 4.98 Å². The number of hydrogen-bond donors (Lipinski definition) is 1. The van der Waals surface area contributed by atoms with E-state index in [4.69, 9.17) is 9.72 Å². The highest BCUT2D eigenvalue weighted by atomic mass is 35.5. The van der Waals surface area contributed by atoms with Gasteiger partial charge in [0.2, 0.25) is 0 Å². The molecule has 1 aromatic heterocycles. The number of imidazole rings is 1. The molecule has 150 valence electrons. The summed E-state index contributed by atoms with van der Waals surface area (Å²) in [5.74, 6) is 1.96. The molecule has 0 spiro atoms. The lowest BCUT2D eigenvalue weighted by Crippen LogP contribution is -2.24. The quantitative estimate of drug-likeness (QED) is 0.558. The first-order valence-electron chi connectivity index (χ1n) is 9.39. The topological polar surface area (TPSA) is 64.3 Å². The number of carbonyl (C=O) groups excluding carboxylic acids is 1. The smallest absolute Gasteiger partial charge is 0.162 e. The van der Waals surface area contributed by atoms with Crippen LogP contribution in [0, 0.1) is 0 Å². The summed E-state index contributed by atoms with van der Waals surface area (Å²) in [7, 11) is 0. The molecule has 1 unspecified atom stereocenters. The maximum atomic E-state index is 11.7. The summed E-state index contributed by atoms with van der Waals surface area (Å²) >= 11 is 0. The summed E-state index contributed by atoms with van der Waals surface area (Å²) < 4.78 is 7.77. The Morgan fingerprint density at radius 2 is 1.82 bits per heavy atom. The lowest BCUT2D eigenvalue weighted by molar-refractivity contribution is 0.0924. The minimum absolute atomic E-state index is 0. The van der Waals surface area contributed by atoms with E-state index >= 15 is 0 Å². The highest BCUT2D eigenvalue weighted by molar-refractivity contribution is 5.95. The second-order valence-corrected chi connectivity index (χ2v) is 6.99. The van der Waals surface area contributed by atoms with Crippen LogP contribution in [0.4, 0.5) is 0 Å². The van der Waals surface area contributed by atoms with Crippen molar-refractivity contribution in [3.63, 3.8) is 0 Å². The first kappa shape index (κ1) is 21.9. The van der Waals surface area contributed by atoms with Gasteiger partial charge in [-0.3, -0.25) is 4.79 Å². The number of ether oxygens (including phenoxy) is 1. The third kappa shape index (κ3) is 4.91. The Labute approximate surface area is 171 Å². The summed E-state index contributed by atoms with van der Waals surface area (Å²) in [6, 6.07) is 15.0. The third-order valence-corrected chi connectivity index (χ3v) is 4.53. The molecule has 1 N–H and O–H groups in total. The molecule has 3 rings (SSSR count). The fourth-order valence-corrected chi connectivity index (χ4v) is 3.12. The average molecular weight is 403 g/mol. The SMILES string of the molecule is CCC(=O)c1ccc(OCC(O)Cn2c(C(C)C)nc3ccccc32)cc1.Cl. The van der Waals surface area contributed by atoms with Crippen molar-refractivity contribution in [2.45, 2.75) is 45.8 Å². The molecule has 0 bridgehead atoms. The Hall–Kier alpha value is -2.37. The molecule has 3 aromatic rings. The van der Waals surface area contributed by atoms with Gasteiger partial charge in [0.1, 0.15) is 24.3 Å². The van der Waals surface area contributed by atoms with Gasteiger partial charge in [-0.2, -0.15) is 0 Å². The predicted molar refractivity (Wildman–Crippen MR) is 114 cm³/mol. The molecule has 0 aliphatic rings. The molecule has 0 aliphatic carbocycles. The molecule has 0 amide bonds. The number of halogens is 1. The zero-order valence-corrected chi connectivity index (χ0v) is 17.3. The summed E-state index contributed by atoms with van der Waals surface area (Å²) in [4.78, 5) is 16.4. The molecule has 0 fully saturated rings. The Morgan fingerprint density at radius 3 is 2.46 bits per heavy atom. The van der Waals surface area contributed by atoms with Crippen molar-refractivity contribution in [2.24, 2.45) is 0 Å². The fraction of sp³-hybridized carbons (Fsp3) is 0.364. The van der Waals surface area contributed by atoms with E-state index in [9.17, 15) is 9.90 Å². The zero-order valence-electron chi connectivity index (χ0n) is 16.5. The summed E-state index contributed by atoms with van der Waals surface area (Å²) in [6.45, 7) is 6.62. The van der Waals surface area contributed by atoms with Crippen molar-refractivity contribution in [1.29, 1.82) is 0 Å². The maximum absolute atomic E-state index is 11.7. The standard InChI is InChI=1S/C22H26N2O3.ClH/c1-4-21(26)16-9-11-18(12-10-16)27-14-17(25)13-24-20-8-6-5-7-19(20)23-22(24)15(2)3;/h5-12,15,17,25H,4,13-14H2,1-3H3;1H. The van der Waals surface area contributed by atoms with E-state index in [0.29, 0.717) is 24.3 Å². The van der Waals surface area contributed by atoms with Crippen LogP contribution in [0.1, 0.15) is 49.3 Å². The second kappa shape index (κ2) is 9.71. The molecule has 1 atom stereocenters. The molecular weight excluding hydrogens is 376 g/mol. The highest BCUT2D eigenvalue weighted by Crippen LogP contribution is 2.22.